The van der Waals surface area contributed by atoms with Gasteiger partial charge in [0, 0.05) is 0 Å². The van der Waals surface area contributed by atoms with Crippen LogP contribution < -0.4 is 0 Å². The maximum atomic E-state index is 10.3. The third-order valence-corrected chi connectivity index (χ3v) is 3.93. The van der Waals surface area contributed by atoms with Crippen LogP contribution in [-0.4, -0.2) is 52.0 Å². The molecule has 1 aromatic rings. The number of carboxylic acids is 1. The van der Waals surface area contributed by atoms with E-state index in [-0.39, 0.29) is 5.56 Å². The van der Waals surface area contributed by atoms with E-state index in [1.807, 2.05) is 0 Å². The standard InChI is InChI=1S/C8H20N.C7H6O4/c1-5-9(6-2,7-3)8-4;8-5-3-1-2-4(6(5)9)7(10)11/h5-8H2,1-4H3;1-3,8-9H,(H,10,11)/q+1;. The second kappa shape index (κ2) is 8.43. The Morgan fingerprint density at radius 2 is 1.45 bits per heavy atom. The van der Waals surface area contributed by atoms with E-state index in [4.69, 9.17) is 15.3 Å². The number of nitrogens with zero attached hydrogens (tertiary/aromatic N) is 1. The molecule has 0 fully saturated rings. The molecule has 0 heterocycles. The van der Waals surface area contributed by atoms with Crippen LogP contribution in [0.3, 0.4) is 0 Å². The molecule has 20 heavy (non-hydrogen) atoms. The van der Waals surface area contributed by atoms with Crippen LogP contribution in [0.2, 0.25) is 0 Å². The van der Waals surface area contributed by atoms with E-state index in [1.54, 1.807) is 0 Å². The molecular weight excluding hydrogens is 258 g/mol. The number of quaternary nitrogens is 1. The number of hydrogen-bond donors (Lipinski definition) is 3. The SMILES string of the molecule is CC[N+](CC)(CC)CC.O=C(O)c1cccc(O)c1O. The van der Waals surface area contributed by atoms with Crippen LogP contribution in [0.1, 0.15) is 38.1 Å². The van der Waals surface area contributed by atoms with E-state index in [2.05, 4.69) is 27.7 Å². The van der Waals surface area contributed by atoms with Crippen LogP contribution in [0, 0.1) is 0 Å². The molecule has 1 aromatic carbocycles. The van der Waals surface area contributed by atoms with Gasteiger partial charge in [-0.3, -0.25) is 0 Å². The van der Waals surface area contributed by atoms with Crippen LogP contribution in [0.25, 0.3) is 0 Å². The molecule has 0 aliphatic heterocycles. The summed E-state index contributed by atoms with van der Waals surface area (Å²) in [5.74, 6) is -2.29. The minimum Gasteiger partial charge on any atom is -0.504 e. The minimum absolute atomic E-state index is 0.301. The normalized spacial score (nSPS) is 10.6. The number of aromatic hydroxyl groups is 2. The first-order valence-electron chi connectivity index (χ1n) is 6.96. The lowest BCUT2D eigenvalue weighted by molar-refractivity contribution is -0.921. The van der Waals surface area contributed by atoms with Crippen molar-refractivity contribution >= 4 is 5.97 Å². The van der Waals surface area contributed by atoms with Gasteiger partial charge in [0.2, 0.25) is 0 Å². The summed E-state index contributed by atoms with van der Waals surface area (Å²) >= 11 is 0. The van der Waals surface area contributed by atoms with E-state index in [9.17, 15) is 4.79 Å². The van der Waals surface area contributed by atoms with Gasteiger partial charge in [-0.2, -0.15) is 0 Å². The van der Waals surface area contributed by atoms with Crippen LogP contribution in [0.15, 0.2) is 18.2 Å². The lowest BCUT2D eigenvalue weighted by Gasteiger charge is -2.34. The number of para-hydroxylation sites is 1. The van der Waals surface area contributed by atoms with Gasteiger partial charge in [0.25, 0.3) is 0 Å². The molecule has 0 bridgehead atoms. The van der Waals surface area contributed by atoms with E-state index in [1.165, 1.54) is 48.9 Å². The number of benzene rings is 1. The van der Waals surface area contributed by atoms with Gasteiger partial charge in [-0.15, -0.1) is 0 Å². The van der Waals surface area contributed by atoms with E-state index < -0.39 is 17.5 Å². The lowest BCUT2D eigenvalue weighted by Crippen LogP contribution is -2.47. The summed E-state index contributed by atoms with van der Waals surface area (Å²) in [4.78, 5) is 10.3. The van der Waals surface area contributed by atoms with Crippen molar-refractivity contribution in [3.05, 3.63) is 23.8 Å². The summed E-state index contributed by atoms with van der Waals surface area (Å²) in [6.07, 6.45) is 0. The monoisotopic (exact) mass is 284 g/mol. The number of phenolic OH excluding ortho intramolecular Hbond substituents is 1. The quantitative estimate of drug-likeness (QED) is 0.574. The minimum atomic E-state index is -1.27. The largest absolute Gasteiger partial charge is 0.504 e. The number of carbonyl (C=O) groups is 1. The summed E-state index contributed by atoms with van der Waals surface area (Å²) in [5, 5.41) is 26.2. The van der Waals surface area contributed by atoms with Crippen molar-refractivity contribution in [3.63, 3.8) is 0 Å². The molecule has 0 unspecified atom stereocenters. The summed E-state index contributed by atoms with van der Waals surface area (Å²) in [5.41, 5.74) is -0.301. The van der Waals surface area contributed by atoms with Crippen molar-refractivity contribution in [1.82, 2.24) is 0 Å². The Labute approximate surface area is 120 Å². The number of rotatable bonds is 5. The van der Waals surface area contributed by atoms with Crippen molar-refractivity contribution in [2.24, 2.45) is 0 Å². The van der Waals surface area contributed by atoms with Gasteiger partial charge in [0.05, 0.1) is 26.2 Å². The summed E-state index contributed by atoms with van der Waals surface area (Å²) in [6, 6.07) is 3.76. The first-order valence-corrected chi connectivity index (χ1v) is 6.96. The highest BCUT2D eigenvalue weighted by Crippen LogP contribution is 2.27. The Bertz CT molecular complexity index is 410. The van der Waals surface area contributed by atoms with Gasteiger partial charge in [-0.1, -0.05) is 6.07 Å². The number of hydrogen-bond acceptors (Lipinski definition) is 3. The topological polar surface area (TPSA) is 77.8 Å². The fourth-order valence-corrected chi connectivity index (χ4v) is 2.05. The molecule has 114 valence electrons. The zero-order valence-electron chi connectivity index (χ0n) is 12.8. The summed E-state index contributed by atoms with van der Waals surface area (Å²) in [7, 11) is 0. The van der Waals surface area contributed by atoms with Gasteiger partial charge in [-0.05, 0) is 39.8 Å². The predicted octanol–water partition coefficient (Wildman–Crippen LogP) is 2.68. The fraction of sp³-hybridized carbons (Fsp3) is 0.533. The second-order valence-corrected chi connectivity index (χ2v) is 4.59. The Kier molecular flexibility index (Phi) is 7.69. The van der Waals surface area contributed by atoms with Crippen LogP contribution >= 0.6 is 0 Å². The molecule has 0 spiro atoms. The molecule has 5 nitrogen and oxygen atoms in total. The van der Waals surface area contributed by atoms with Gasteiger partial charge in [0.1, 0.15) is 5.56 Å². The van der Waals surface area contributed by atoms with Gasteiger partial charge in [0.15, 0.2) is 11.5 Å². The third-order valence-electron chi connectivity index (χ3n) is 3.93. The predicted molar refractivity (Wildman–Crippen MR) is 79.2 cm³/mol. The maximum Gasteiger partial charge on any atom is 0.339 e. The van der Waals surface area contributed by atoms with Crippen molar-refractivity contribution in [1.29, 1.82) is 0 Å². The molecule has 0 atom stereocenters. The maximum absolute atomic E-state index is 10.3. The van der Waals surface area contributed by atoms with Gasteiger partial charge >= 0.3 is 5.97 Å². The Morgan fingerprint density at radius 1 is 1.00 bits per heavy atom. The van der Waals surface area contributed by atoms with Crippen LogP contribution in [0.5, 0.6) is 11.5 Å². The molecule has 3 N–H and O–H groups in total. The highest BCUT2D eigenvalue weighted by Gasteiger charge is 2.16. The molecule has 0 aliphatic carbocycles. The zero-order chi connectivity index (χ0) is 15.8. The molecule has 0 aliphatic rings. The third kappa shape index (κ3) is 4.74. The lowest BCUT2D eigenvalue weighted by atomic mass is 10.2. The van der Waals surface area contributed by atoms with Crippen LogP contribution in [0.4, 0.5) is 0 Å². The summed E-state index contributed by atoms with van der Waals surface area (Å²) < 4.78 is 1.28. The Hall–Kier alpha value is -1.75. The van der Waals surface area contributed by atoms with Gasteiger partial charge < -0.3 is 19.8 Å². The van der Waals surface area contributed by atoms with E-state index in [0.717, 1.165) is 0 Å². The molecule has 5 heteroatoms. The Balaban J connectivity index is 0.000000370. The molecular formula is C15H26NO4+. The van der Waals surface area contributed by atoms with Crippen LogP contribution in [-0.2, 0) is 0 Å². The number of aromatic carboxylic acids is 1. The first-order chi connectivity index (χ1) is 9.37. The molecule has 0 aromatic heterocycles. The van der Waals surface area contributed by atoms with Crippen molar-refractivity contribution < 1.29 is 24.6 Å². The van der Waals surface area contributed by atoms with Crippen molar-refractivity contribution in [2.75, 3.05) is 26.2 Å². The average Bonchev–Trinajstić information content (AvgIpc) is 2.45. The second-order valence-electron chi connectivity index (χ2n) is 4.59. The zero-order valence-corrected chi connectivity index (χ0v) is 12.8. The average molecular weight is 284 g/mol. The molecule has 0 saturated heterocycles. The van der Waals surface area contributed by atoms with Crippen molar-refractivity contribution in [3.8, 4) is 11.5 Å². The van der Waals surface area contributed by atoms with E-state index in [0.29, 0.717) is 0 Å². The fourth-order valence-electron chi connectivity index (χ4n) is 2.05. The van der Waals surface area contributed by atoms with Gasteiger partial charge in [-0.25, -0.2) is 4.79 Å². The molecule has 0 amide bonds. The highest BCUT2D eigenvalue weighted by atomic mass is 16.4. The Morgan fingerprint density at radius 3 is 1.70 bits per heavy atom. The highest BCUT2D eigenvalue weighted by molar-refractivity contribution is 5.91. The molecule has 0 radical (unpaired) electrons. The molecule has 0 saturated carbocycles. The number of phenols is 2. The molecule has 1 rings (SSSR count). The summed E-state index contributed by atoms with van der Waals surface area (Å²) in [6.45, 7) is 14.2. The van der Waals surface area contributed by atoms with E-state index >= 15 is 0 Å². The smallest absolute Gasteiger partial charge is 0.339 e. The number of carboxylic acid groups (broad SMARTS) is 1. The first kappa shape index (κ1) is 18.2. The van der Waals surface area contributed by atoms with Crippen molar-refractivity contribution in [2.45, 2.75) is 27.7 Å².